The van der Waals surface area contributed by atoms with E-state index in [1.54, 1.807) is 0 Å². The lowest BCUT2D eigenvalue weighted by molar-refractivity contribution is -0.142. The van der Waals surface area contributed by atoms with Gasteiger partial charge in [-0.25, -0.2) is 0 Å². The summed E-state index contributed by atoms with van der Waals surface area (Å²) in [4.78, 5) is 11.4. The number of thioether (sulfide) groups is 1. The molecule has 3 nitrogen and oxygen atoms in total. The van der Waals surface area contributed by atoms with E-state index in [1.807, 2.05) is 11.8 Å². The highest BCUT2D eigenvalue weighted by atomic mass is 32.2. The molecule has 1 rings (SSSR count). The van der Waals surface area contributed by atoms with Crippen LogP contribution >= 0.6 is 11.8 Å². The summed E-state index contributed by atoms with van der Waals surface area (Å²) in [6, 6.07) is 0.511. The van der Waals surface area contributed by atoms with Gasteiger partial charge >= 0.3 is 5.97 Å². The first kappa shape index (κ1) is 14.8. The first-order chi connectivity index (χ1) is 8.26. The molecule has 1 aliphatic carbocycles. The van der Waals surface area contributed by atoms with Crippen LogP contribution in [0.1, 0.15) is 45.4 Å². The van der Waals surface area contributed by atoms with Crippen molar-refractivity contribution in [2.45, 2.75) is 56.7 Å². The zero-order chi connectivity index (χ0) is 12.5. The van der Waals surface area contributed by atoms with Crippen LogP contribution in [-0.2, 0) is 9.53 Å². The lowest BCUT2D eigenvalue weighted by Gasteiger charge is -2.27. The topological polar surface area (TPSA) is 38.3 Å². The lowest BCUT2D eigenvalue weighted by Crippen LogP contribution is -2.37. The maximum Gasteiger partial charge on any atom is 0.319 e. The van der Waals surface area contributed by atoms with Gasteiger partial charge in [-0.1, -0.05) is 13.3 Å². The number of esters is 1. The molecule has 17 heavy (non-hydrogen) atoms. The van der Waals surface area contributed by atoms with Crippen LogP contribution in [0.2, 0.25) is 0 Å². The average molecular weight is 259 g/mol. The smallest absolute Gasteiger partial charge is 0.319 e. The second kappa shape index (κ2) is 8.81. The fourth-order valence-electron chi connectivity index (χ4n) is 2.11. The monoisotopic (exact) mass is 259 g/mol. The van der Waals surface area contributed by atoms with Crippen molar-refractivity contribution in [3.63, 3.8) is 0 Å². The van der Waals surface area contributed by atoms with Gasteiger partial charge in [0.05, 0.1) is 13.2 Å². The number of ether oxygens (including phenoxy) is 1. The Morgan fingerprint density at radius 1 is 1.35 bits per heavy atom. The fraction of sp³-hybridized carbons (Fsp3) is 0.923. The molecular formula is C13H25NO2S. The number of nitrogens with one attached hydrogen (secondary N) is 1. The van der Waals surface area contributed by atoms with E-state index in [4.69, 9.17) is 4.74 Å². The summed E-state index contributed by atoms with van der Waals surface area (Å²) in [7, 11) is 0. The van der Waals surface area contributed by atoms with Crippen molar-refractivity contribution in [3.8, 4) is 0 Å². The van der Waals surface area contributed by atoms with Gasteiger partial charge in [0.25, 0.3) is 0 Å². The number of rotatable bonds is 7. The SMILES string of the molecule is CCCCOC(=O)CNC1CCC(SC)CC1. The van der Waals surface area contributed by atoms with E-state index in [0.29, 0.717) is 19.2 Å². The second-order valence-corrected chi connectivity index (χ2v) is 5.80. The Morgan fingerprint density at radius 3 is 2.65 bits per heavy atom. The van der Waals surface area contributed by atoms with Crippen LogP contribution in [0.5, 0.6) is 0 Å². The Morgan fingerprint density at radius 2 is 2.06 bits per heavy atom. The third-order valence-electron chi connectivity index (χ3n) is 3.30. The molecule has 0 bridgehead atoms. The van der Waals surface area contributed by atoms with Crippen LogP contribution in [0.25, 0.3) is 0 Å². The molecule has 1 N–H and O–H groups in total. The molecular weight excluding hydrogens is 234 g/mol. The second-order valence-electron chi connectivity index (χ2n) is 4.66. The number of carbonyl (C=O) groups is 1. The van der Waals surface area contributed by atoms with Crippen molar-refractivity contribution in [3.05, 3.63) is 0 Å². The summed E-state index contributed by atoms with van der Waals surface area (Å²) in [6.07, 6.45) is 9.13. The van der Waals surface area contributed by atoms with Crippen molar-refractivity contribution in [1.82, 2.24) is 5.32 Å². The molecule has 0 amide bonds. The molecule has 0 spiro atoms. The van der Waals surface area contributed by atoms with Crippen LogP contribution in [0.4, 0.5) is 0 Å². The molecule has 0 heterocycles. The van der Waals surface area contributed by atoms with Gasteiger partial charge in [0.15, 0.2) is 0 Å². The van der Waals surface area contributed by atoms with Crippen molar-refractivity contribution in [2.24, 2.45) is 0 Å². The quantitative estimate of drug-likeness (QED) is 0.563. The van der Waals surface area contributed by atoms with E-state index in [0.717, 1.165) is 18.1 Å². The van der Waals surface area contributed by atoms with E-state index in [-0.39, 0.29) is 5.97 Å². The Kier molecular flexibility index (Phi) is 7.69. The first-order valence-electron chi connectivity index (χ1n) is 6.68. The maximum atomic E-state index is 11.4. The molecule has 0 aromatic heterocycles. The third kappa shape index (κ3) is 6.32. The minimum absolute atomic E-state index is 0.106. The van der Waals surface area contributed by atoms with Crippen molar-refractivity contribution in [1.29, 1.82) is 0 Å². The molecule has 0 atom stereocenters. The summed E-state index contributed by atoms with van der Waals surface area (Å²) in [5.74, 6) is -0.106. The molecule has 1 fully saturated rings. The molecule has 0 aromatic carbocycles. The van der Waals surface area contributed by atoms with Crippen LogP contribution < -0.4 is 5.32 Å². The highest BCUT2D eigenvalue weighted by Gasteiger charge is 2.20. The van der Waals surface area contributed by atoms with E-state index in [1.165, 1.54) is 25.7 Å². The Bertz CT molecular complexity index is 215. The van der Waals surface area contributed by atoms with Crippen molar-refractivity contribution >= 4 is 17.7 Å². The Labute approximate surface area is 109 Å². The maximum absolute atomic E-state index is 11.4. The van der Waals surface area contributed by atoms with Gasteiger partial charge in [-0.2, -0.15) is 11.8 Å². The zero-order valence-electron chi connectivity index (χ0n) is 11.0. The average Bonchev–Trinajstić information content (AvgIpc) is 2.37. The normalized spacial score (nSPS) is 24.6. The summed E-state index contributed by atoms with van der Waals surface area (Å²) in [5.41, 5.74) is 0. The molecule has 1 saturated carbocycles. The van der Waals surface area contributed by atoms with Crippen molar-refractivity contribution < 1.29 is 9.53 Å². The van der Waals surface area contributed by atoms with Gasteiger partial charge < -0.3 is 10.1 Å². The number of unbranched alkanes of at least 4 members (excludes halogenated alkanes) is 1. The summed E-state index contributed by atoms with van der Waals surface area (Å²) in [6.45, 7) is 3.03. The number of hydrogen-bond donors (Lipinski definition) is 1. The van der Waals surface area contributed by atoms with Crippen LogP contribution in [-0.4, -0.2) is 36.7 Å². The predicted molar refractivity (Wildman–Crippen MR) is 73.4 cm³/mol. The van der Waals surface area contributed by atoms with Crippen LogP contribution in [0.3, 0.4) is 0 Å². The van der Waals surface area contributed by atoms with Gasteiger partial charge in [0.2, 0.25) is 0 Å². The summed E-state index contributed by atoms with van der Waals surface area (Å²) in [5, 5.41) is 4.13. The number of carbonyl (C=O) groups excluding carboxylic acids is 1. The van der Waals surface area contributed by atoms with Crippen LogP contribution in [0, 0.1) is 0 Å². The summed E-state index contributed by atoms with van der Waals surface area (Å²) >= 11 is 1.97. The van der Waals surface area contributed by atoms with E-state index < -0.39 is 0 Å². The molecule has 0 radical (unpaired) electrons. The van der Waals surface area contributed by atoms with E-state index in [9.17, 15) is 4.79 Å². The number of hydrogen-bond acceptors (Lipinski definition) is 4. The lowest BCUT2D eigenvalue weighted by atomic mass is 9.95. The molecule has 4 heteroatoms. The minimum Gasteiger partial charge on any atom is -0.465 e. The molecule has 0 unspecified atom stereocenters. The van der Waals surface area contributed by atoms with Crippen LogP contribution in [0.15, 0.2) is 0 Å². The highest BCUT2D eigenvalue weighted by Crippen LogP contribution is 2.26. The van der Waals surface area contributed by atoms with Gasteiger partial charge in [0, 0.05) is 11.3 Å². The molecule has 1 aliphatic rings. The Balaban J connectivity index is 2.04. The Hall–Kier alpha value is -0.220. The predicted octanol–water partition coefficient (Wildman–Crippen LogP) is 2.59. The van der Waals surface area contributed by atoms with E-state index in [2.05, 4.69) is 18.5 Å². The van der Waals surface area contributed by atoms with Gasteiger partial charge in [-0.05, 0) is 38.4 Å². The highest BCUT2D eigenvalue weighted by molar-refractivity contribution is 7.99. The largest absolute Gasteiger partial charge is 0.465 e. The molecule has 0 aromatic rings. The summed E-state index contributed by atoms with van der Waals surface area (Å²) < 4.78 is 5.11. The molecule has 0 aliphatic heterocycles. The molecule has 100 valence electrons. The third-order valence-corrected chi connectivity index (χ3v) is 4.44. The molecule has 0 saturated heterocycles. The fourth-order valence-corrected chi connectivity index (χ4v) is 2.86. The standard InChI is InChI=1S/C13H25NO2S/c1-3-4-9-16-13(15)10-14-11-5-7-12(17-2)8-6-11/h11-12,14H,3-10H2,1-2H3. The van der Waals surface area contributed by atoms with E-state index >= 15 is 0 Å². The first-order valence-corrected chi connectivity index (χ1v) is 7.96. The van der Waals surface area contributed by atoms with Gasteiger partial charge in [0.1, 0.15) is 0 Å². The van der Waals surface area contributed by atoms with Crippen molar-refractivity contribution in [2.75, 3.05) is 19.4 Å². The zero-order valence-corrected chi connectivity index (χ0v) is 11.9. The van der Waals surface area contributed by atoms with Gasteiger partial charge in [-0.15, -0.1) is 0 Å². The van der Waals surface area contributed by atoms with Gasteiger partial charge in [-0.3, -0.25) is 4.79 Å². The minimum atomic E-state index is -0.106.